The van der Waals surface area contributed by atoms with Crippen LogP contribution in [0.25, 0.3) is 11.3 Å². The van der Waals surface area contributed by atoms with Crippen LogP contribution in [-0.4, -0.2) is 30.1 Å². The van der Waals surface area contributed by atoms with Crippen molar-refractivity contribution in [1.82, 2.24) is 5.32 Å². The Labute approximate surface area is 173 Å². The molecule has 2 aliphatic heterocycles. The first-order chi connectivity index (χ1) is 13.5. The van der Waals surface area contributed by atoms with Crippen LogP contribution in [0.5, 0.6) is 11.5 Å². The highest BCUT2D eigenvalue weighted by atomic mass is 127. The van der Waals surface area contributed by atoms with E-state index in [1.165, 1.54) is 7.11 Å². The fraction of sp³-hybridized carbons (Fsp3) is 0.100. The standard InChI is InChI=1S/C20H12IN3O4/c1-28-12-7-8(6-11(21)18(12)26)13-14-16(22-19-15(13)20(27)24-23-19)9-4-2-3-5-10(9)17(14)25/h2-7,19,22,26H,1H3. The van der Waals surface area contributed by atoms with Crippen molar-refractivity contribution < 1.29 is 19.4 Å². The lowest BCUT2D eigenvalue weighted by atomic mass is 9.87. The van der Waals surface area contributed by atoms with Gasteiger partial charge in [0.1, 0.15) is 0 Å². The van der Waals surface area contributed by atoms with Gasteiger partial charge in [0.25, 0.3) is 5.91 Å². The van der Waals surface area contributed by atoms with Gasteiger partial charge in [0.15, 0.2) is 23.4 Å². The molecule has 5 rings (SSSR count). The molecular weight excluding hydrogens is 473 g/mol. The lowest BCUT2D eigenvalue weighted by molar-refractivity contribution is -0.114. The van der Waals surface area contributed by atoms with Crippen LogP contribution in [-0.2, 0) is 4.79 Å². The molecule has 2 N–H and O–H groups in total. The molecular formula is C20H12IN3O4. The summed E-state index contributed by atoms with van der Waals surface area (Å²) in [5.41, 5.74) is 3.79. The number of phenolic OH excluding ortho intramolecular Hbond substituents is 1. The predicted molar refractivity (Wildman–Crippen MR) is 109 cm³/mol. The quantitative estimate of drug-likeness (QED) is 0.637. The average molecular weight is 485 g/mol. The number of fused-ring (bicyclic) bond motifs is 3. The number of nitrogens with zero attached hydrogens (tertiary/aromatic N) is 2. The predicted octanol–water partition coefficient (Wildman–Crippen LogP) is 3.29. The number of benzene rings is 2. The first-order valence-electron chi connectivity index (χ1n) is 8.42. The molecule has 3 aliphatic rings. The van der Waals surface area contributed by atoms with Crippen molar-refractivity contribution in [3.8, 4) is 11.5 Å². The highest BCUT2D eigenvalue weighted by Gasteiger charge is 2.43. The SMILES string of the molecule is COc1cc(C2=C3C(=O)N=NC3NC3=C2C(=O)c2ccccc23)cc(I)c1O. The van der Waals surface area contributed by atoms with E-state index in [4.69, 9.17) is 4.74 Å². The molecule has 0 bridgehead atoms. The van der Waals surface area contributed by atoms with Gasteiger partial charge in [0.2, 0.25) is 0 Å². The van der Waals surface area contributed by atoms with Crippen molar-refractivity contribution in [2.75, 3.05) is 7.11 Å². The number of allylic oxidation sites excluding steroid dienone is 2. The fourth-order valence-electron chi connectivity index (χ4n) is 3.80. The van der Waals surface area contributed by atoms with E-state index >= 15 is 0 Å². The number of hydrogen-bond donors (Lipinski definition) is 2. The van der Waals surface area contributed by atoms with E-state index in [9.17, 15) is 14.7 Å². The second-order valence-electron chi connectivity index (χ2n) is 6.49. The highest BCUT2D eigenvalue weighted by Crippen LogP contribution is 2.47. The molecule has 138 valence electrons. The van der Waals surface area contributed by atoms with Gasteiger partial charge in [-0.1, -0.05) is 24.3 Å². The summed E-state index contributed by atoms with van der Waals surface area (Å²) < 4.78 is 5.81. The van der Waals surface area contributed by atoms with E-state index in [1.807, 2.05) is 34.7 Å². The molecule has 28 heavy (non-hydrogen) atoms. The minimum atomic E-state index is -0.655. The number of amides is 1. The Morgan fingerprint density at radius 3 is 2.64 bits per heavy atom. The minimum absolute atomic E-state index is 0.00490. The third kappa shape index (κ3) is 2.21. The van der Waals surface area contributed by atoms with Crippen LogP contribution in [0.4, 0.5) is 0 Å². The van der Waals surface area contributed by atoms with Gasteiger partial charge in [0, 0.05) is 16.7 Å². The molecule has 0 saturated heterocycles. The number of ketones is 1. The minimum Gasteiger partial charge on any atom is -0.504 e. The zero-order valence-corrected chi connectivity index (χ0v) is 16.6. The van der Waals surface area contributed by atoms with Crippen molar-refractivity contribution >= 4 is 45.6 Å². The van der Waals surface area contributed by atoms with E-state index in [1.54, 1.807) is 24.3 Å². The summed E-state index contributed by atoms with van der Waals surface area (Å²) in [6.45, 7) is 0. The molecule has 7 nitrogen and oxygen atoms in total. The monoisotopic (exact) mass is 485 g/mol. The van der Waals surface area contributed by atoms with Gasteiger partial charge in [0.05, 0.1) is 27.5 Å². The highest BCUT2D eigenvalue weighted by molar-refractivity contribution is 14.1. The van der Waals surface area contributed by atoms with Crippen LogP contribution in [0.1, 0.15) is 21.5 Å². The number of dihydropyridines is 1. The first kappa shape index (κ1) is 17.1. The number of halogens is 1. The lowest BCUT2D eigenvalue weighted by Crippen LogP contribution is -2.32. The number of carbonyl (C=O) groups excluding carboxylic acids is 2. The average Bonchev–Trinajstić information content (AvgIpc) is 3.21. The van der Waals surface area contributed by atoms with Crippen LogP contribution < -0.4 is 10.1 Å². The summed E-state index contributed by atoms with van der Waals surface area (Å²) >= 11 is 1.98. The van der Waals surface area contributed by atoms with Gasteiger partial charge in [-0.2, -0.15) is 5.11 Å². The fourth-order valence-corrected chi connectivity index (χ4v) is 4.40. The Balaban J connectivity index is 1.82. The second kappa shape index (κ2) is 5.99. The maximum atomic E-state index is 13.2. The summed E-state index contributed by atoms with van der Waals surface area (Å²) in [4.78, 5) is 25.7. The second-order valence-corrected chi connectivity index (χ2v) is 7.65. The molecule has 1 unspecified atom stereocenters. The Morgan fingerprint density at radius 1 is 1.14 bits per heavy atom. The number of rotatable bonds is 2. The Kier molecular flexibility index (Phi) is 3.66. The normalized spacial score (nSPS) is 19.6. The summed E-state index contributed by atoms with van der Waals surface area (Å²) in [6.07, 6.45) is -0.655. The van der Waals surface area contributed by atoms with E-state index in [0.717, 1.165) is 5.56 Å². The maximum absolute atomic E-state index is 13.2. The van der Waals surface area contributed by atoms with Crippen LogP contribution in [0.15, 0.2) is 57.8 Å². The molecule has 2 heterocycles. The largest absolute Gasteiger partial charge is 0.504 e. The Bertz CT molecular complexity index is 1200. The first-order valence-corrected chi connectivity index (χ1v) is 9.50. The molecule has 0 radical (unpaired) electrons. The van der Waals surface area contributed by atoms with Crippen molar-refractivity contribution in [3.63, 3.8) is 0 Å². The number of aromatic hydroxyl groups is 1. The zero-order chi connectivity index (χ0) is 19.6. The number of azo groups is 1. The van der Waals surface area contributed by atoms with E-state index < -0.39 is 12.1 Å². The van der Waals surface area contributed by atoms with Crippen LogP contribution >= 0.6 is 22.6 Å². The molecule has 1 atom stereocenters. The molecule has 8 heteroatoms. The third-order valence-corrected chi connectivity index (χ3v) is 5.85. The van der Waals surface area contributed by atoms with Crippen LogP contribution in [0, 0.1) is 3.57 Å². The Hall–Kier alpha value is -3.01. The number of carbonyl (C=O) groups is 2. The van der Waals surface area contributed by atoms with Crippen molar-refractivity contribution in [2.24, 2.45) is 10.2 Å². The maximum Gasteiger partial charge on any atom is 0.295 e. The van der Waals surface area contributed by atoms with Crippen molar-refractivity contribution in [3.05, 3.63) is 67.8 Å². The van der Waals surface area contributed by atoms with Gasteiger partial charge in [-0.05, 0) is 40.3 Å². The molecule has 0 spiro atoms. The van der Waals surface area contributed by atoms with Gasteiger partial charge in [-0.25, -0.2) is 0 Å². The van der Waals surface area contributed by atoms with E-state index in [0.29, 0.717) is 37.1 Å². The number of ether oxygens (including phenoxy) is 1. The molecule has 2 aromatic rings. The number of nitrogens with one attached hydrogen (secondary N) is 1. The third-order valence-electron chi connectivity index (χ3n) is 5.02. The number of Topliss-reactive ketones (excluding diaryl/α,β-unsaturated/α-hetero) is 1. The van der Waals surface area contributed by atoms with E-state index in [2.05, 4.69) is 15.5 Å². The molecule has 0 saturated carbocycles. The van der Waals surface area contributed by atoms with E-state index in [-0.39, 0.29) is 17.3 Å². The molecule has 2 aromatic carbocycles. The number of hydrogen-bond acceptors (Lipinski definition) is 6. The molecule has 0 aromatic heterocycles. The van der Waals surface area contributed by atoms with Gasteiger partial charge < -0.3 is 15.2 Å². The van der Waals surface area contributed by atoms with Crippen molar-refractivity contribution in [1.29, 1.82) is 0 Å². The van der Waals surface area contributed by atoms with Gasteiger partial charge >= 0.3 is 0 Å². The zero-order valence-electron chi connectivity index (χ0n) is 14.5. The molecule has 1 amide bonds. The number of methoxy groups -OCH3 is 1. The smallest absolute Gasteiger partial charge is 0.295 e. The number of phenols is 1. The lowest BCUT2D eigenvalue weighted by Gasteiger charge is -2.25. The van der Waals surface area contributed by atoms with Gasteiger partial charge in [-0.3, -0.25) is 9.59 Å². The summed E-state index contributed by atoms with van der Waals surface area (Å²) in [5.74, 6) is -0.384. The molecule has 0 fully saturated rings. The summed E-state index contributed by atoms with van der Waals surface area (Å²) in [7, 11) is 1.45. The summed E-state index contributed by atoms with van der Waals surface area (Å²) in [5, 5.41) is 21.1. The van der Waals surface area contributed by atoms with Crippen LogP contribution in [0.2, 0.25) is 0 Å². The van der Waals surface area contributed by atoms with Gasteiger partial charge in [-0.15, -0.1) is 5.11 Å². The Morgan fingerprint density at radius 2 is 1.89 bits per heavy atom. The topological polar surface area (TPSA) is 100 Å². The summed E-state index contributed by atoms with van der Waals surface area (Å²) in [6, 6.07) is 10.6. The van der Waals surface area contributed by atoms with Crippen LogP contribution in [0.3, 0.4) is 0 Å². The van der Waals surface area contributed by atoms with Crippen molar-refractivity contribution in [2.45, 2.75) is 6.17 Å². The molecule has 1 aliphatic carbocycles.